The molecule has 0 aromatic rings. The summed E-state index contributed by atoms with van der Waals surface area (Å²) in [6.07, 6.45) is 2.54. The van der Waals surface area contributed by atoms with Crippen LogP contribution in [0.2, 0.25) is 0 Å². The Morgan fingerprint density at radius 2 is 2.07 bits per heavy atom. The third kappa shape index (κ3) is 6.90. The monoisotopic (exact) mass is 216 g/mol. The van der Waals surface area contributed by atoms with Crippen molar-refractivity contribution in [3.8, 4) is 0 Å². The third-order valence-electron chi connectivity index (χ3n) is 2.08. The van der Waals surface area contributed by atoms with Gasteiger partial charge in [0.15, 0.2) is 0 Å². The van der Waals surface area contributed by atoms with Gasteiger partial charge < -0.3 is 15.7 Å². The molecule has 0 rings (SSSR count). The Morgan fingerprint density at radius 3 is 2.53 bits per heavy atom. The summed E-state index contributed by atoms with van der Waals surface area (Å²) in [6, 6.07) is -0.741. The van der Waals surface area contributed by atoms with E-state index in [1.165, 1.54) is 0 Å². The smallest absolute Gasteiger partial charge is 0.326 e. The predicted octanol–water partition coefficient (Wildman–Crippen LogP) is 0.355. The normalized spacial score (nSPS) is 12.1. The van der Waals surface area contributed by atoms with Crippen LogP contribution in [0.15, 0.2) is 0 Å². The molecule has 0 saturated carbocycles. The number of carboxylic acids is 1. The highest BCUT2D eigenvalue weighted by molar-refractivity contribution is 5.83. The topological polar surface area (TPSA) is 78.4 Å². The molecule has 3 N–H and O–H groups in total. The Morgan fingerprint density at radius 1 is 1.40 bits per heavy atom. The fourth-order valence-corrected chi connectivity index (χ4v) is 1.17. The van der Waals surface area contributed by atoms with Crippen molar-refractivity contribution in [2.24, 2.45) is 0 Å². The first kappa shape index (κ1) is 13.9. The van der Waals surface area contributed by atoms with E-state index in [2.05, 4.69) is 10.6 Å². The molecule has 5 nitrogen and oxygen atoms in total. The lowest BCUT2D eigenvalue weighted by Gasteiger charge is -2.13. The maximum Gasteiger partial charge on any atom is 0.326 e. The van der Waals surface area contributed by atoms with Crippen LogP contribution in [0, 0.1) is 0 Å². The van der Waals surface area contributed by atoms with Crippen molar-refractivity contribution >= 4 is 11.9 Å². The van der Waals surface area contributed by atoms with Crippen molar-refractivity contribution in [1.82, 2.24) is 10.6 Å². The summed E-state index contributed by atoms with van der Waals surface area (Å²) in [5.74, 6) is -1.17. The highest BCUT2D eigenvalue weighted by Gasteiger charge is 2.18. The van der Waals surface area contributed by atoms with Crippen molar-refractivity contribution in [3.05, 3.63) is 0 Å². The number of carbonyl (C=O) groups is 2. The zero-order valence-corrected chi connectivity index (χ0v) is 9.38. The Balaban J connectivity index is 3.93. The summed E-state index contributed by atoms with van der Waals surface area (Å²) in [7, 11) is 1.75. The predicted molar refractivity (Wildman–Crippen MR) is 57.6 cm³/mol. The largest absolute Gasteiger partial charge is 0.480 e. The molecule has 0 aliphatic carbocycles. The summed E-state index contributed by atoms with van der Waals surface area (Å²) >= 11 is 0. The van der Waals surface area contributed by atoms with E-state index in [1.807, 2.05) is 6.92 Å². The fraction of sp³-hybridized carbons (Fsp3) is 0.800. The number of carboxylic acid groups (broad SMARTS) is 1. The molecule has 88 valence electrons. The third-order valence-corrected chi connectivity index (χ3v) is 2.08. The number of carbonyl (C=O) groups excluding carboxylic acids is 1. The van der Waals surface area contributed by atoms with Crippen molar-refractivity contribution in [1.29, 1.82) is 0 Å². The Bertz CT molecular complexity index is 207. The van der Waals surface area contributed by atoms with Gasteiger partial charge in [0.05, 0.1) is 0 Å². The second-order valence-electron chi connectivity index (χ2n) is 3.45. The van der Waals surface area contributed by atoms with E-state index in [4.69, 9.17) is 5.11 Å². The number of rotatable bonds is 8. The summed E-state index contributed by atoms with van der Waals surface area (Å²) in [6.45, 7) is 2.55. The van der Waals surface area contributed by atoms with Gasteiger partial charge in [0.25, 0.3) is 0 Å². The average Bonchev–Trinajstić information content (AvgIpc) is 2.20. The maximum atomic E-state index is 11.3. The Hall–Kier alpha value is -1.10. The lowest BCUT2D eigenvalue weighted by molar-refractivity contribution is -0.142. The minimum atomic E-state index is -0.957. The first-order chi connectivity index (χ1) is 7.11. The molecule has 0 aromatic carbocycles. The van der Waals surface area contributed by atoms with Crippen LogP contribution in [0.5, 0.6) is 0 Å². The number of nitrogens with one attached hydrogen (secondary N) is 2. The minimum Gasteiger partial charge on any atom is -0.480 e. The molecule has 0 aromatic heterocycles. The van der Waals surface area contributed by atoms with Crippen molar-refractivity contribution in [2.75, 3.05) is 13.6 Å². The molecule has 1 atom stereocenters. The lowest BCUT2D eigenvalue weighted by Crippen LogP contribution is -2.41. The van der Waals surface area contributed by atoms with Crippen LogP contribution in [0.3, 0.4) is 0 Å². The van der Waals surface area contributed by atoms with E-state index in [0.29, 0.717) is 19.4 Å². The SMILES string of the molecule is CCCC[C@H](NC(=O)CCNC)C(=O)O. The first-order valence-corrected chi connectivity index (χ1v) is 5.28. The number of hydrogen-bond acceptors (Lipinski definition) is 3. The van der Waals surface area contributed by atoms with Gasteiger partial charge in [0.1, 0.15) is 6.04 Å². The molecule has 1 amide bonds. The molecule has 15 heavy (non-hydrogen) atoms. The highest BCUT2D eigenvalue weighted by atomic mass is 16.4. The fourth-order valence-electron chi connectivity index (χ4n) is 1.17. The van der Waals surface area contributed by atoms with Crippen LogP contribution in [-0.2, 0) is 9.59 Å². The van der Waals surface area contributed by atoms with E-state index < -0.39 is 12.0 Å². The maximum absolute atomic E-state index is 11.3. The van der Waals surface area contributed by atoms with E-state index >= 15 is 0 Å². The van der Waals surface area contributed by atoms with Crippen LogP contribution >= 0.6 is 0 Å². The van der Waals surface area contributed by atoms with E-state index in [9.17, 15) is 9.59 Å². The van der Waals surface area contributed by atoms with Crippen molar-refractivity contribution in [2.45, 2.75) is 38.6 Å². The Kier molecular flexibility index (Phi) is 7.62. The molecular weight excluding hydrogens is 196 g/mol. The van der Waals surface area contributed by atoms with Crippen LogP contribution in [0.4, 0.5) is 0 Å². The number of hydrogen-bond donors (Lipinski definition) is 3. The molecule has 0 radical (unpaired) electrons. The summed E-state index contributed by atoms with van der Waals surface area (Å²) in [5, 5.41) is 14.2. The van der Waals surface area contributed by atoms with Gasteiger partial charge >= 0.3 is 5.97 Å². The van der Waals surface area contributed by atoms with Crippen molar-refractivity contribution in [3.63, 3.8) is 0 Å². The molecule has 0 unspecified atom stereocenters. The second kappa shape index (κ2) is 8.23. The van der Waals surface area contributed by atoms with E-state index in [1.54, 1.807) is 7.05 Å². The van der Waals surface area contributed by atoms with Gasteiger partial charge in [0, 0.05) is 13.0 Å². The quantitative estimate of drug-likeness (QED) is 0.547. The molecule has 0 bridgehead atoms. The standard InChI is InChI=1S/C10H20N2O3/c1-3-4-5-8(10(14)15)12-9(13)6-7-11-2/h8,11H,3-7H2,1-2H3,(H,12,13)(H,14,15)/t8-/m0/s1. The van der Waals surface area contributed by atoms with Crippen LogP contribution in [-0.4, -0.2) is 36.6 Å². The van der Waals surface area contributed by atoms with Crippen molar-refractivity contribution < 1.29 is 14.7 Å². The molecule has 0 aliphatic rings. The summed E-state index contributed by atoms with van der Waals surface area (Å²) < 4.78 is 0. The van der Waals surface area contributed by atoms with E-state index in [-0.39, 0.29) is 5.91 Å². The molecule has 0 spiro atoms. The first-order valence-electron chi connectivity index (χ1n) is 5.28. The molecule has 0 saturated heterocycles. The molecule has 0 aliphatic heterocycles. The van der Waals surface area contributed by atoms with Gasteiger partial charge in [-0.15, -0.1) is 0 Å². The zero-order chi connectivity index (χ0) is 11.7. The minimum absolute atomic E-state index is 0.215. The molecule has 5 heteroatoms. The van der Waals surface area contributed by atoms with Gasteiger partial charge in [-0.25, -0.2) is 4.79 Å². The van der Waals surface area contributed by atoms with Crippen LogP contribution in [0.1, 0.15) is 32.6 Å². The molecule has 0 fully saturated rings. The van der Waals surface area contributed by atoms with Crippen LogP contribution in [0.25, 0.3) is 0 Å². The number of aliphatic carboxylic acids is 1. The van der Waals surface area contributed by atoms with Gasteiger partial charge in [-0.05, 0) is 13.5 Å². The highest BCUT2D eigenvalue weighted by Crippen LogP contribution is 2.01. The van der Waals surface area contributed by atoms with Crippen LogP contribution < -0.4 is 10.6 Å². The Labute approximate surface area is 90.2 Å². The van der Waals surface area contributed by atoms with Gasteiger partial charge in [-0.2, -0.15) is 0 Å². The number of amides is 1. The molecule has 0 heterocycles. The van der Waals surface area contributed by atoms with E-state index in [0.717, 1.165) is 12.8 Å². The van der Waals surface area contributed by atoms with Gasteiger partial charge in [-0.1, -0.05) is 19.8 Å². The average molecular weight is 216 g/mol. The number of unbranched alkanes of at least 4 members (excludes halogenated alkanes) is 1. The lowest BCUT2D eigenvalue weighted by atomic mass is 10.1. The van der Waals surface area contributed by atoms with Gasteiger partial charge in [-0.3, -0.25) is 4.79 Å². The summed E-state index contributed by atoms with van der Waals surface area (Å²) in [4.78, 5) is 22.0. The second-order valence-corrected chi connectivity index (χ2v) is 3.45. The van der Waals surface area contributed by atoms with Gasteiger partial charge in [0.2, 0.25) is 5.91 Å². The molecular formula is C10H20N2O3. The summed E-state index contributed by atoms with van der Waals surface area (Å²) in [5.41, 5.74) is 0. The zero-order valence-electron chi connectivity index (χ0n) is 9.38.